The van der Waals surface area contributed by atoms with Crippen LogP contribution in [-0.2, 0) is 22.4 Å². The number of carbonyl (C=O) groups excluding carboxylic acids is 1. The van der Waals surface area contributed by atoms with E-state index in [2.05, 4.69) is 10.3 Å². The van der Waals surface area contributed by atoms with Gasteiger partial charge in [-0.3, -0.25) is 10.1 Å². The molecule has 0 aliphatic carbocycles. The lowest BCUT2D eigenvalue weighted by atomic mass is 10.1. The monoisotopic (exact) mass is 440 g/mol. The van der Waals surface area contributed by atoms with E-state index in [0.717, 1.165) is 29.7 Å². The van der Waals surface area contributed by atoms with Gasteiger partial charge in [0, 0.05) is 23.8 Å². The number of nitrogens with one attached hydrogen (secondary N) is 1. The fraction of sp³-hybridized carbons (Fsp3) is 0.158. The van der Waals surface area contributed by atoms with Gasteiger partial charge in [0.2, 0.25) is 0 Å². The summed E-state index contributed by atoms with van der Waals surface area (Å²) in [7, 11) is -3.59. The lowest BCUT2D eigenvalue weighted by Gasteiger charge is -2.08. The first-order chi connectivity index (χ1) is 13.5. The fourth-order valence-electron chi connectivity index (χ4n) is 2.65. The molecule has 0 saturated carbocycles. The second-order valence-corrected chi connectivity index (χ2v) is 9.33. The molecule has 0 saturated heterocycles. The summed E-state index contributed by atoms with van der Waals surface area (Å²) >= 11 is 1.10. The number of amides is 1. The van der Waals surface area contributed by atoms with Crippen LogP contribution in [0.3, 0.4) is 0 Å². The molecule has 3 rings (SSSR count). The molecule has 2 aromatic carbocycles. The first kappa shape index (κ1) is 21.0. The normalized spacial score (nSPS) is 12.0. The van der Waals surface area contributed by atoms with Gasteiger partial charge in [-0.2, -0.15) is 13.2 Å². The quantitative estimate of drug-likeness (QED) is 0.638. The van der Waals surface area contributed by atoms with E-state index in [1.807, 2.05) is 0 Å². The van der Waals surface area contributed by atoms with Crippen LogP contribution < -0.4 is 5.32 Å². The second-order valence-electron chi connectivity index (χ2n) is 6.23. The number of thiazole rings is 1. The molecule has 0 spiro atoms. The summed E-state index contributed by atoms with van der Waals surface area (Å²) in [4.78, 5) is 17.1. The van der Waals surface area contributed by atoms with Crippen molar-refractivity contribution in [2.75, 3.05) is 11.6 Å². The summed E-state index contributed by atoms with van der Waals surface area (Å²) in [5.74, 6) is -0.633. The Balaban J connectivity index is 1.76. The Morgan fingerprint density at radius 2 is 1.86 bits per heavy atom. The molecular weight excluding hydrogens is 425 g/mol. The largest absolute Gasteiger partial charge is 0.416 e. The van der Waals surface area contributed by atoms with Gasteiger partial charge in [0.15, 0.2) is 15.0 Å². The van der Waals surface area contributed by atoms with Crippen molar-refractivity contribution in [3.8, 4) is 0 Å². The molecular formula is C19H15F3N2O3S2. The molecule has 0 unspecified atom stereocenters. The van der Waals surface area contributed by atoms with Crippen molar-refractivity contribution in [1.82, 2.24) is 4.98 Å². The zero-order chi connectivity index (χ0) is 21.2. The van der Waals surface area contributed by atoms with E-state index in [-0.39, 0.29) is 22.0 Å². The standard InChI is InChI=1S/C19H15F3N2O3S2/c1-29(26,27)16-8-3-2-7-15(16)17(25)24-18-23-11-14(28-18)10-12-5-4-6-13(9-12)19(20,21)22/h2-9,11H,10H2,1H3,(H,23,24,25). The SMILES string of the molecule is CS(=O)(=O)c1ccccc1C(=O)Nc1ncc(Cc2cccc(C(F)(F)F)c2)s1. The highest BCUT2D eigenvalue weighted by Crippen LogP contribution is 2.30. The van der Waals surface area contributed by atoms with Crippen molar-refractivity contribution in [2.45, 2.75) is 17.5 Å². The number of alkyl halides is 3. The van der Waals surface area contributed by atoms with Gasteiger partial charge in [-0.05, 0) is 23.8 Å². The number of sulfone groups is 1. The van der Waals surface area contributed by atoms with Crippen LogP contribution in [0.25, 0.3) is 0 Å². The highest BCUT2D eigenvalue weighted by Gasteiger charge is 2.30. The predicted octanol–water partition coefficient (Wildman–Crippen LogP) is 4.41. The topological polar surface area (TPSA) is 76.1 Å². The summed E-state index contributed by atoms with van der Waals surface area (Å²) in [5.41, 5.74) is -0.279. The van der Waals surface area contributed by atoms with Crippen LogP contribution in [-0.4, -0.2) is 25.6 Å². The van der Waals surface area contributed by atoms with Gasteiger partial charge in [0.1, 0.15) is 0 Å². The second kappa shape index (κ2) is 7.96. The van der Waals surface area contributed by atoms with Crippen LogP contribution in [0.5, 0.6) is 0 Å². The molecule has 10 heteroatoms. The van der Waals surface area contributed by atoms with Gasteiger partial charge in [-0.15, -0.1) is 11.3 Å². The van der Waals surface area contributed by atoms with Crippen LogP contribution in [0.2, 0.25) is 0 Å². The third-order valence-electron chi connectivity index (χ3n) is 3.94. The van der Waals surface area contributed by atoms with Crippen molar-refractivity contribution in [1.29, 1.82) is 0 Å². The fourth-order valence-corrected chi connectivity index (χ4v) is 4.38. The van der Waals surface area contributed by atoms with E-state index in [0.29, 0.717) is 10.4 Å². The predicted molar refractivity (Wildman–Crippen MR) is 104 cm³/mol. The molecule has 1 N–H and O–H groups in total. The van der Waals surface area contributed by atoms with Crippen LogP contribution in [0, 0.1) is 0 Å². The van der Waals surface area contributed by atoms with Gasteiger partial charge in [-0.25, -0.2) is 13.4 Å². The first-order valence-electron chi connectivity index (χ1n) is 8.25. The number of halogens is 3. The van der Waals surface area contributed by atoms with Gasteiger partial charge in [-0.1, -0.05) is 30.3 Å². The van der Waals surface area contributed by atoms with Crippen LogP contribution in [0.1, 0.15) is 26.4 Å². The Morgan fingerprint density at radius 1 is 1.14 bits per heavy atom. The minimum atomic E-state index is -4.42. The molecule has 152 valence electrons. The molecule has 5 nitrogen and oxygen atoms in total. The van der Waals surface area contributed by atoms with Crippen LogP contribution in [0.4, 0.5) is 18.3 Å². The van der Waals surface area contributed by atoms with Crippen molar-refractivity contribution in [3.63, 3.8) is 0 Å². The maximum Gasteiger partial charge on any atom is 0.416 e. The first-order valence-corrected chi connectivity index (χ1v) is 11.0. The average molecular weight is 440 g/mol. The highest BCUT2D eigenvalue weighted by atomic mass is 32.2. The Morgan fingerprint density at radius 3 is 2.55 bits per heavy atom. The molecule has 1 aromatic heterocycles. The third kappa shape index (κ3) is 5.21. The molecule has 0 bridgehead atoms. The van der Waals surface area contributed by atoms with E-state index in [1.165, 1.54) is 30.5 Å². The molecule has 3 aromatic rings. The Kier molecular flexibility index (Phi) is 5.76. The molecule has 0 atom stereocenters. The van der Waals surface area contributed by atoms with Gasteiger partial charge < -0.3 is 0 Å². The van der Waals surface area contributed by atoms with Gasteiger partial charge in [0.05, 0.1) is 16.0 Å². The molecule has 1 amide bonds. The molecule has 0 radical (unpaired) electrons. The zero-order valence-corrected chi connectivity index (χ0v) is 16.7. The minimum absolute atomic E-state index is 0.00960. The lowest BCUT2D eigenvalue weighted by Crippen LogP contribution is -2.15. The van der Waals surface area contributed by atoms with E-state index < -0.39 is 27.5 Å². The van der Waals surface area contributed by atoms with Gasteiger partial charge in [0.25, 0.3) is 5.91 Å². The highest BCUT2D eigenvalue weighted by molar-refractivity contribution is 7.90. The molecule has 0 aliphatic heterocycles. The molecule has 29 heavy (non-hydrogen) atoms. The van der Waals surface area contributed by atoms with Crippen molar-refractivity contribution >= 4 is 32.2 Å². The number of hydrogen-bond donors (Lipinski definition) is 1. The van der Waals surface area contributed by atoms with Crippen LogP contribution >= 0.6 is 11.3 Å². The summed E-state index contributed by atoms with van der Waals surface area (Å²) in [5, 5.41) is 2.76. The Hall–Kier alpha value is -2.72. The lowest BCUT2D eigenvalue weighted by molar-refractivity contribution is -0.137. The van der Waals surface area contributed by atoms with Crippen molar-refractivity contribution < 1.29 is 26.4 Å². The summed E-state index contributed by atoms with van der Waals surface area (Å²) < 4.78 is 62.2. The van der Waals surface area contributed by atoms with E-state index in [4.69, 9.17) is 0 Å². The number of hydrogen-bond acceptors (Lipinski definition) is 5. The maximum absolute atomic E-state index is 12.8. The van der Waals surface area contributed by atoms with Crippen LogP contribution in [0.15, 0.2) is 59.6 Å². The Labute approximate surface area is 169 Å². The number of nitrogens with zero attached hydrogens (tertiary/aromatic N) is 1. The maximum atomic E-state index is 12.8. The molecule has 0 aliphatic rings. The average Bonchev–Trinajstić information content (AvgIpc) is 3.07. The molecule has 0 fully saturated rings. The summed E-state index contributed by atoms with van der Waals surface area (Å²) in [6.07, 6.45) is -1.73. The third-order valence-corrected chi connectivity index (χ3v) is 6.01. The number of carbonyl (C=O) groups is 1. The van der Waals surface area contributed by atoms with E-state index >= 15 is 0 Å². The zero-order valence-electron chi connectivity index (χ0n) is 15.0. The summed E-state index contributed by atoms with van der Waals surface area (Å²) in [6, 6.07) is 10.8. The molecule has 1 heterocycles. The number of benzene rings is 2. The van der Waals surface area contributed by atoms with Crippen molar-refractivity contribution in [2.24, 2.45) is 0 Å². The van der Waals surface area contributed by atoms with Gasteiger partial charge >= 0.3 is 6.18 Å². The summed E-state index contributed by atoms with van der Waals surface area (Å²) in [6.45, 7) is 0. The van der Waals surface area contributed by atoms with E-state index in [9.17, 15) is 26.4 Å². The number of anilines is 1. The smallest absolute Gasteiger partial charge is 0.298 e. The number of aromatic nitrogens is 1. The Bertz CT molecular complexity index is 1160. The van der Waals surface area contributed by atoms with Crippen molar-refractivity contribution in [3.05, 3.63) is 76.3 Å². The van der Waals surface area contributed by atoms with E-state index in [1.54, 1.807) is 12.1 Å². The minimum Gasteiger partial charge on any atom is -0.298 e. The number of rotatable bonds is 5.